The van der Waals surface area contributed by atoms with Crippen LogP contribution >= 0.6 is 15.9 Å². The molecule has 2 aromatic heterocycles. The molecule has 0 radical (unpaired) electrons. The van der Waals surface area contributed by atoms with E-state index >= 15 is 0 Å². The highest BCUT2D eigenvalue weighted by atomic mass is 79.9. The van der Waals surface area contributed by atoms with E-state index in [9.17, 15) is 4.79 Å². The number of ether oxygens (including phenoxy) is 1. The largest absolute Gasteiger partial charge is 0.497 e. The molecule has 2 heterocycles. The number of hydrogen-bond donors (Lipinski definition) is 2. The first-order valence-corrected chi connectivity index (χ1v) is 10.1. The number of methoxy groups -OCH3 is 1. The summed E-state index contributed by atoms with van der Waals surface area (Å²) in [5.41, 5.74) is 10.7. The van der Waals surface area contributed by atoms with Crippen LogP contribution < -0.4 is 15.9 Å². The van der Waals surface area contributed by atoms with E-state index in [2.05, 4.69) is 51.7 Å². The summed E-state index contributed by atoms with van der Waals surface area (Å²) >= 11 is 3.42. The number of amides is 1. The number of nitrogens with one attached hydrogen (secondary N) is 1. The maximum Gasteiger partial charge on any atom is 0.294 e. The molecule has 2 aromatic carbocycles. The van der Waals surface area contributed by atoms with Gasteiger partial charge in [-0.2, -0.15) is 9.78 Å². The highest BCUT2D eigenvalue weighted by Gasteiger charge is 2.25. The topological polar surface area (TPSA) is 146 Å². The van der Waals surface area contributed by atoms with Crippen molar-refractivity contribution in [2.24, 2.45) is 5.10 Å². The number of aromatic nitrogens is 5. The van der Waals surface area contributed by atoms with E-state index in [4.69, 9.17) is 10.5 Å². The summed E-state index contributed by atoms with van der Waals surface area (Å²) in [6, 6.07) is 14.6. The lowest BCUT2D eigenvalue weighted by Crippen LogP contribution is -2.21. The molecule has 162 valence electrons. The predicted octanol–water partition coefficient (Wildman–Crippen LogP) is 2.82. The predicted molar refractivity (Wildman–Crippen MR) is 119 cm³/mol. The summed E-state index contributed by atoms with van der Waals surface area (Å²) in [6.45, 7) is 1.78. The number of benzene rings is 2. The molecule has 3 N–H and O–H groups in total. The van der Waals surface area contributed by atoms with E-state index in [1.165, 1.54) is 4.68 Å². The Bertz CT molecular complexity index is 1310. The minimum atomic E-state index is -0.571. The van der Waals surface area contributed by atoms with Crippen molar-refractivity contribution in [2.45, 2.75) is 6.92 Å². The SMILES string of the molecule is COc1cccc(-c2c(C(=O)N/N=C(\C)c3cccc(Br)c3)nnn2-c2nonc2N)c1. The number of nitrogen functional groups attached to an aromatic ring is 1. The van der Waals surface area contributed by atoms with Crippen molar-refractivity contribution in [3.63, 3.8) is 0 Å². The molecular weight excluding hydrogens is 480 g/mol. The van der Waals surface area contributed by atoms with Gasteiger partial charge in [-0.15, -0.1) is 5.10 Å². The Morgan fingerprint density at radius 2 is 2.03 bits per heavy atom. The average molecular weight is 497 g/mol. The number of carbonyl (C=O) groups is 1. The number of hydrazone groups is 1. The van der Waals surface area contributed by atoms with Crippen LogP contribution in [0.3, 0.4) is 0 Å². The number of nitrogens with two attached hydrogens (primary N) is 1. The summed E-state index contributed by atoms with van der Waals surface area (Å²) < 4.78 is 12.2. The second-order valence-electron chi connectivity index (χ2n) is 6.55. The first kappa shape index (κ1) is 21.2. The van der Waals surface area contributed by atoms with Crippen LogP contribution in [0.25, 0.3) is 17.1 Å². The summed E-state index contributed by atoms with van der Waals surface area (Å²) in [5, 5.41) is 19.6. The number of carbonyl (C=O) groups excluding carboxylic acids is 1. The van der Waals surface area contributed by atoms with Crippen molar-refractivity contribution in [2.75, 3.05) is 12.8 Å². The maximum absolute atomic E-state index is 13.0. The molecule has 0 saturated carbocycles. The first-order chi connectivity index (χ1) is 15.5. The van der Waals surface area contributed by atoms with Gasteiger partial charge < -0.3 is 10.5 Å². The van der Waals surface area contributed by atoms with Gasteiger partial charge in [-0.3, -0.25) is 4.79 Å². The third kappa shape index (κ3) is 4.21. The molecule has 12 heteroatoms. The van der Waals surface area contributed by atoms with Gasteiger partial charge in [0.1, 0.15) is 11.4 Å². The molecule has 0 aliphatic heterocycles. The summed E-state index contributed by atoms with van der Waals surface area (Å²) in [6.07, 6.45) is 0. The van der Waals surface area contributed by atoms with Crippen molar-refractivity contribution in [3.05, 3.63) is 64.3 Å². The monoisotopic (exact) mass is 496 g/mol. The van der Waals surface area contributed by atoms with Crippen LogP contribution in [0.2, 0.25) is 0 Å². The third-order valence-electron chi connectivity index (χ3n) is 4.49. The van der Waals surface area contributed by atoms with Crippen LogP contribution in [0.1, 0.15) is 23.0 Å². The van der Waals surface area contributed by atoms with E-state index in [1.807, 2.05) is 24.3 Å². The van der Waals surface area contributed by atoms with E-state index in [-0.39, 0.29) is 17.3 Å². The van der Waals surface area contributed by atoms with Crippen LogP contribution in [0.4, 0.5) is 5.82 Å². The summed E-state index contributed by atoms with van der Waals surface area (Å²) in [5.74, 6) is 0.104. The zero-order chi connectivity index (χ0) is 22.7. The fourth-order valence-electron chi connectivity index (χ4n) is 2.92. The van der Waals surface area contributed by atoms with Crippen LogP contribution in [-0.4, -0.2) is 44.0 Å². The van der Waals surface area contributed by atoms with Gasteiger partial charge in [-0.25, -0.2) is 10.1 Å². The minimum absolute atomic E-state index is 0.00507. The van der Waals surface area contributed by atoms with Gasteiger partial charge in [0, 0.05) is 10.0 Å². The van der Waals surface area contributed by atoms with Gasteiger partial charge in [0.15, 0.2) is 5.69 Å². The third-order valence-corrected chi connectivity index (χ3v) is 4.99. The molecule has 0 spiro atoms. The number of anilines is 1. The van der Waals surface area contributed by atoms with Crippen LogP contribution in [-0.2, 0) is 0 Å². The van der Waals surface area contributed by atoms with E-state index in [1.54, 1.807) is 38.3 Å². The Morgan fingerprint density at radius 3 is 2.75 bits per heavy atom. The number of rotatable bonds is 6. The van der Waals surface area contributed by atoms with Gasteiger partial charge in [0.05, 0.1) is 12.8 Å². The molecule has 4 rings (SSSR count). The van der Waals surface area contributed by atoms with Crippen LogP contribution in [0, 0.1) is 0 Å². The Hall–Kier alpha value is -4.06. The zero-order valence-corrected chi connectivity index (χ0v) is 18.6. The van der Waals surface area contributed by atoms with Crippen molar-refractivity contribution in [1.82, 2.24) is 30.7 Å². The van der Waals surface area contributed by atoms with E-state index < -0.39 is 5.91 Å². The molecule has 4 aromatic rings. The van der Waals surface area contributed by atoms with Gasteiger partial charge in [-0.1, -0.05) is 45.4 Å². The molecular formula is C20H17BrN8O3. The first-order valence-electron chi connectivity index (χ1n) is 9.27. The molecule has 11 nitrogen and oxygen atoms in total. The second-order valence-corrected chi connectivity index (χ2v) is 7.47. The fraction of sp³-hybridized carbons (Fsp3) is 0.100. The summed E-state index contributed by atoms with van der Waals surface area (Å²) in [7, 11) is 1.54. The Morgan fingerprint density at radius 1 is 1.22 bits per heavy atom. The summed E-state index contributed by atoms with van der Waals surface area (Å²) in [4.78, 5) is 13.0. The highest BCUT2D eigenvalue weighted by molar-refractivity contribution is 9.10. The van der Waals surface area contributed by atoms with Crippen molar-refractivity contribution in [1.29, 1.82) is 0 Å². The maximum atomic E-state index is 13.0. The molecule has 0 unspecified atom stereocenters. The van der Waals surface area contributed by atoms with Gasteiger partial charge >= 0.3 is 0 Å². The second kappa shape index (κ2) is 8.98. The molecule has 1 amide bonds. The number of hydrogen-bond acceptors (Lipinski definition) is 9. The molecule has 0 fully saturated rings. The standard InChI is InChI=1S/C20H17BrN8O3/c1-11(12-5-3-7-14(21)9-12)23-25-20(30)16-17(13-6-4-8-15(10-13)31-2)29(28-24-16)19-18(22)26-32-27-19/h3-10H,1-2H3,(H2,22,26)(H,25,30)/b23-11+. The molecule has 0 atom stereocenters. The molecule has 0 aliphatic rings. The molecule has 0 bridgehead atoms. The average Bonchev–Trinajstić information content (AvgIpc) is 3.43. The van der Waals surface area contributed by atoms with Gasteiger partial charge in [0.2, 0.25) is 11.6 Å². The fourth-order valence-corrected chi connectivity index (χ4v) is 3.32. The van der Waals surface area contributed by atoms with E-state index in [0.29, 0.717) is 22.7 Å². The normalized spacial score (nSPS) is 11.4. The highest BCUT2D eigenvalue weighted by Crippen LogP contribution is 2.29. The Labute approximate surface area is 190 Å². The zero-order valence-electron chi connectivity index (χ0n) is 17.0. The lowest BCUT2D eigenvalue weighted by molar-refractivity contribution is 0.0950. The molecule has 0 saturated heterocycles. The van der Waals surface area contributed by atoms with Crippen LogP contribution in [0.5, 0.6) is 5.75 Å². The van der Waals surface area contributed by atoms with Crippen molar-refractivity contribution >= 4 is 33.4 Å². The Kier molecular flexibility index (Phi) is 5.94. The lowest BCUT2D eigenvalue weighted by atomic mass is 10.1. The van der Waals surface area contributed by atoms with Crippen LogP contribution in [0.15, 0.2) is 62.7 Å². The minimum Gasteiger partial charge on any atom is -0.497 e. The molecule has 0 aliphatic carbocycles. The van der Waals surface area contributed by atoms with Gasteiger partial charge in [0.25, 0.3) is 5.91 Å². The Balaban J connectivity index is 1.73. The molecule has 32 heavy (non-hydrogen) atoms. The number of halogens is 1. The lowest BCUT2D eigenvalue weighted by Gasteiger charge is -2.08. The van der Waals surface area contributed by atoms with E-state index in [0.717, 1.165) is 10.0 Å². The smallest absolute Gasteiger partial charge is 0.294 e. The van der Waals surface area contributed by atoms with Crippen molar-refractivity contribution in [3.8, 4) is 22.8 Å². The quantitative estimate of drug-likeness (QED) is 0.306. The van der Waals surface area contributed by atoms with Gasteiger partial charge in [-0.05, 0) is 47.1 Å². The number of nitrogens with zero attached hydrogens (tertiary/aromatic N) is 6. The van der Waals surface area contributed by atoms with Crippen molar-refractivity contribution < 1.29 is 14.2 Å².